The average Bonchev–Trinajstić information content (AvgIpc) is 3.40. The first-order valence-electron chi connectivity index (χ1n) is 9.06. The molecule has 0 saturated carbocycles. The van der Waals surface area contributed by atoms with Gasteiger partial charge in [-0.1, -0.05) is 18.2 Å². The molecular weight excluding hydrogens is 354 g/mol. The molecule has 0 saturated heterocycles. The number of nitrogens with zero attached hydrogens (tertiary/aromatic N) is 4. The van der Waals surface area contributed by atoms with E-state index in [9.17, 15) is 4.79 Å². The topological polar surface area (TPSA) is 79.9 Å². The summed E-state index contributed by atoms with van der Waals surface area (Å²) in [6, 6.07) is 13.3. The van der Waals surface area contributed by atoms with Gasteiger partial charge in [-0.15, -0.1) is 0 Å². The average molecular weight is 375 g/mol. The van der Waals surface area contributed by atoms with Crippen LogP contribution in [0.25, 0.3) is 22.6 Å². The minimum atomic E-state index is -0.192. The van der Waals surface area contributed by atoms with Crippen molar-refractivity contribution < 1.29 is 4.42 Å². The van der Waals surface area contributed by atoms with Gasteiger partial charge >= 0.3 is 0 Å². The summed E-state index contributed by atoms with van der Waals surface area (Å²) >= 11 is 0. The predicted molar refractivity (Wildman–Crippen MR) is 107 cm³/mol. The highest BCUT2D eigenvalue weighted by Crippen LogP contribution is 2.21. The van der Waals surface area contributed by atoms with Gasteiger partial charge in [0.05, 0.1) is 24.8 Å². The van der Waals surface area contributed by atoms with Crippen molar-refractivity contribution >= 4 is 0 Å². The Morgan fingerprint density at radius 3 is 2.89 bits per heavy atom. The van der Waals surface area contributed by atoms with Crippen molar-refractivity contribution in [3.63, 3.8) is 0 Å². The van der Waals surface area contributed by atoms with E-state index < -0.39 is 0 Å². The van der Waals surface area contributed by atoms with Gasteiger partial charge in [-0.05, 0) is 30.8 Å². The molecule has 3 heterocycles. The summed E-state index contributed by atoms with van der Waals surface area (Å²) in [6.45, 7) is 2.52. The maximum absolute atomic E-state index is 12.1. The lowest BCUT2D eigenvalue weighted by Crippen LogP contribution is -2.23. The van der Waals surface area contributed by atoms with E-state index in [4.69, 9.17) is 4.42 Å². The molecule has 0 aliphatic heterocycles. The number of hydrogen-bond acceptors (Lipinski definition) is 5. The van der Waals surface area contributed by atoms with E-state index in [-0.39, 0.29) is 5.56 Å². The zero-order chi connectivity index (χ0) is 19.3. The van der Waals surface area contributed by atoms with E-state index in [0.717, 1.165) is 36.3 Å². The fourth-order valence-corrected chi connectivity index (χ4v) is 3.07. The Balaban J connectivity index is 1.51. The highest BCUT2D eigenvalue weighted by atomic mass is 16.3. The molecule has 0 bridgehead atoms. The van der Waals surface area contributed by atoms with E-state index in [0.29, 0.717) is 11.5 Å². The Morgan fingerprint density at radius 1 is 1.18 bits per heavy atom. The summed E-state index contributed by atoms with van der Waals surface area (Å²) in [5.41, 5.74) is 3.20. The van der Waals surface area contributed by atoms with Crippen molar-refractivity contribution in [2.75, 3.05) is 13.6 Å². The van der Waals surface area contributed by atoms with Gasteiger partial charge in [-0.3, -0.25) is 9.48 Å². The van der Waals surface area contributed by atoms with Gasteiger partial charge < -0.3 is 14.3 Å². The number of furan rings is 1. The third-order valence-electron chi connectivity index (χ3n) is 4.48. The van der Waals surface area contributed by atoms with Crippen LogP contribution in [0.2, 0.25) is 0 Å². The largest absolute Gasteiger partial charge is 0.472 e. The second-order valence-corrected chi connectivity index (χ2v) is 6.70. The van der Waals surface area contributed by atoms with Crippen LogP contribution in [-0.4, -0.2) is 38.2 Å². The lowest BCUT2D eigenvalue weighted by atomic mass is 10.1. The first kappa shape index (κ1) is 17.9. The first-order chi connectivity index (χ1) is 13.7. The number of H-pyrrole nitrogens is 1. The first-order valence-corrected chi connectivity index (χ1v) is 9.06. The SMILES string of the molecule is CN(CCn1cccn1)Cc1cccc(-c2nc(-c3ccoc3)cc(=O)[nH]2)c1. The Kier molecular flexibility index (Phi) is 5.16. The van der Waals surface area contributed by atoms with Crippen LogP contribution in [0, 0.1) is 0 Å². The van der Waals surface area contributed by atoms with Crippen LogP contribution >= 0.6 is 0 Å². The third kappa shape index (κ3) is 4.27. The van der Waals surface area contributed by atoms with Crippen LogP contribution in [0.1, 0.15) is 5.56 Å². The van der Waals surface area contributed by atoms with E-state index in [1.165, 1.54) is 6.07 Å². The van der Waals surface area contributed by atoms with Crippen molar-refractivity contribution in [1.82, 2.24) is 24.6 Å². The van der Waals surface area contributed by atoms with Crippen molar-refractivity contribution in [2.24, 2.45) is 0 Å². The molecule has 7 heteroatoms. The van der Waals surface area contributed by atoms with Crippen LogP contribution < -0.4 is 5.56 Å². The molecule has 28 heavy (non-hydrogen) atoms. The summed E-state index contributed by atoms with van der Waals surface area (Å²) in [6.07, 6.45) is 6.90. The Hall–Kier alpha value is -3.45. The van der Waals surface area contributed by atoms with Crippen LogP contribution in [0.5, 0.6) is 0 Å². The molecule has 0 unspecified atom stereocenters. The summed E-state index contributed by atoms with van der Waals surface area (Å²) in [4.78, 5) is 21.8. The number of hydrogen-bond donors (Lipinski definition) is 1. The molecule has 0 atom stereocenters. The lowest BCUT2D eigenvalue weighted by molar-refractivity contribution is 0.305. The summed E-state index contributed by atoms with van der Waals surface area (Å²) in [5.74, 6) is 0.546. The standard InChI is InChI=1S/C21H21N5O2/c1-25(9-10-26-8-3-7-22-26)14-16-4-2-5-17(12-16)21-23-19(13-20(27)24-21)18-6-11-28-15-18/h2-8,11-13,15H,9-10,14H2,1H3,(H,23,24,27). The summed E-state index contributed by atoms with van der Waals surface area (Å²) in [7, 11) is 2.08. The lowest BCUT2D eigenvalue weighted by Gasteiger charge is -2.17. The van der Waals surface area contributed by atoms with Crippen molar-refractivity contribution in [3.8, 4) is 22.6 Å². The van der Waals surface area contributed by atoms with Gasteiger partial charge in [0.1, 0.15) is 5.82 Å². The van der Waals surface area contributed by atoms with Gasteiger partial charge in [0.2, 0.25) is 0 Å². The summed E-state index contributed by atoms with van der Waals surface area (Å²) < 4.78 is 7.02. The third-order valence-corrected chi connectivity index (χ3v) is 4.48. The molecule has 0 aliphatic carbocycles. The number of likely N-dealkylation sites (N-methyl/N-ethyl adjacent to an activating group) is 1. The zero-order valence-corrected chi connectivity index (χ0v) is 15.6. The molecule has 1 N–H and O–H groups in total. The minimum absolute atomic E-state index is 0.192. The smallest absolute Gasteiger partial charge is 0.251 e. The summed E-state index contributed by atoms with van der Waals surface area (Å²) in [5, 5.41) is 4.23. The molecule has 4 rings (SSSR count). The number of rotatable bonds is 7. The van der Waals surface area contributed by atoms with E-state index in [2.05, 4.69) is 39.1 Å². The second-order valence-electron chi connectivity index (χ2n) is 6.70. The van der Waals surface area contributed by atoms with Gasteiger partial charge in [0, 0.05) is 42.7 Å². The normalized spacial score (nSPS) is 11.2. The van der Waals surface area contributed by atoms with Gasteiger partial charge in [-0.25, -0.2) is 4.98 Å². The maximum atomic E-state index is 12.1. The Bertz CT molecular complexity index is 1080. The number of benzene rings is 1. The Labute approximate surface area is 162 Å². The number of aromatic nitrogens is 4. The molecule has 3 aromatic heterocycles. The van der Waals surface area contributed by atoms with E-state index in [1.54, 1.807) is 24.8 Å². The molecule has 0 fully saturated rings. The van der Waals surface area contributed by atoms with Gasteiger partial charge in [0.15, 0.2) is 0 Å². The molecule has 0 aliphatic rings. The van der Waals surface area contributed by atoms with Crippen molar-refractivity contribution in [1.29, 1.82) is 0 Å². The van der Waals surface area contributed by atoms with Gasteiger partial charge in [0.25, 0.3) is 5.56 Å². The zero-order valence-electron chi connectivity index (χ0n) is 15.6. The highest BCUT2D eigenvalue weighted by Gasteiger charge is 2.09. The van der Waals surface area contributed by atoms with Crippen molar-refractivity contribution in [2.45, 2.75) is 13.1 Å². The van der Waals surface area contributed by atoms with E-state index in [1.807, 2.05) is 29.1 Å². The molecule has 0 radical (unpaired) electrons. The maximum Gasteiger partial charge on any atom is 0.251 e. The molecule has 1 aromatic carbocycles. The number of nitrogens with one attached hydrogen (secondary N) is 1. The fraction of sp³-hybridized carbons (Fsp3) is 0.190. The van der Waals surface area contributed by atoms with Crippen LogP contribution in [-0.2, 0) is 13.1 Å². The molecule has 0 spiro atoms. The quantitative estimate of drug-likeness (QED) is 0.537. The fourth-order valence-electron chi connectivity index (χ4n) is 3.07. The van der Waals surface area contributed by atoms with Gasteiger partial charge in [-0.2, -0.15) is 5.10 Å². The van der Waals surface area contributed by atoms with Crippen LogP contribution in [0.15, 0.2) is 76.6 Å². The van der Waals surface area contributed by atoms with Crippen LogP contribution in [0.4, 0.5) is 0 Å². The highest BCUT2D eigenvalue weighted by molar-refractivity contribution is 5.62. The minimum Gasteiger partial charge on any atom is -0.472 e. The van der Waals surface area contributed by atoms with Crippen LogP contribution in [0.3, 0.4) is 0 Å². The Morgan fingerprint density at radius 2 is 2.11 bits per heavy atom. The molecule has 7 nitrogen and oxygen atoms in total. The molecule has 0 amide bonds. The monoisotopic (exact) mass is 375 g/mol. The molecular formula is C21H21N5O2. The second kappa shape index (κ2) is 8.06. The molecule has 4 aromatic rings. The number of aromatic amines is 1. The van der Waals surface area contributed by atoms with Crippen molar-refractivity contribution in [3.05, 3.63) is 83.3 Å². The van der Waals surface area contributed by atoms with E-state index >= 15 is 0 Å². The molecule has 142 valence electrons. The predicted octanol–water partition coefficient (Wildman–Crippen LogP) is 3.03.